The van der Waals surface area contributed by atoms with E-state index in [1.54, 1.807) is 0 Å². The summed E-state index contributed by atoms with van der Waals surface area (Å²) >= 11 is 0.972. The Labute approximate surface area is 117 Å². The van der Waals surface area contributed by atoms with Gasteiger partial charge in [-0.15, -0.1) is 11.3 Å². The molecule has 0 saturated heterocycles. The molecule has 0 aliphatic heterocycles. The highest BCUT2D eigenvalue weighted by Gasteiger charge is 2.63. The topological polar surface area (TPSA) is 67.1 Å². The van der Waals surface area contributed by atoms with Crippen molar-refractivity contribution < 1.29 is 18.0 Å². The molecule has 20 heavy (non-hydrogen) atoms. The van der Waals surface area contributed by atoms with Crippen LogP contribution in [0.4, 0.5) is 23.9 Å². The molecule has 2 aliphatic carbocycles. The van der Waals surface area contributed by atoms with Crippen LogP contribution in [0.15, 0.2) is 6.07 Å². The number of halogens is 3. The maximum atomic E-state index is 12.9. The lowest BCUT2D eigenvalue weighted by Gasteiger charge is -2.20. The summed E-state index contributed by atoms with van der Waals surface area (Å²) in [6.07, 6.45) is -2.30. The van der Waals surface area contributed by atoms with Gasteiger partial charge in [0.25, 0.3) is 5.91 Å². The predicted molar refractivity (Wildman–Crippen MR) is 70.9 cm³/mol. The van der Waals surface area contributed by atoms with E-state index in [2.05, 4.69) is 10.6 Å². The van der Waals surface area contributed by atoms with Crippen LogP contribution in [0.25, 0.3) is 0 Å². The van der Waals surface area contributed by atoms with Crippen molar-refractivity contribution in [1.29, 1.82) is 0 Å². The van der Waals surface area contributed by atoms with Crippen LogP contribution in [-0.4, -0.2) is 23.7 Å². The fourth-order valence-corrected chi connectivity index (χ4v) is 2.94. The number of hydrogen-bond acceptors (Lipinski definition) is 4. The number of rotatable bonds is 4. The van der Waals surface area contributed by atoms with E-state index in [0.29, 0.717) is 5.00 Å². The third kappa shape index (κ3) is 2.44. The number of nitrogens with two attached hydrogens (primary N) is 1. The molecule has 2 fully saturated rings. The number of anilines is 2. The monoisotopic (exact) mass is 305 g/mol. The highest BCUT2D eigenvalue weighted by Crippen LogP contribution is 2.52. The minimum Gasteiger partial charge on any atom is -0.397 e. The van der Waals surface area contributed by atoms with Crippen LogP contribution >= 0.6 is 11.3 Å². The summed E-state index contributed by atoms with van der Waals surface area (Å²) < 4.78 is 38.6. The van der Waals surface area contributed by atoms with Gasteiger partial charge in [0.05, 0.1) is 10.7 Å². The Bertz CT molecular complexity index is 547. The van der Waals surface area contributed by atoms with Gasteiger partial charge >= 0.3 is 6.18 Å². The lowest BCUT2D eigenvalue weighted by atomic mass is 10.2. The lowest BCUT2D eigenvalue weighted by molar-refractivity contribution is -0.151. The number of carbonyl (C=O) groups excluding carboxylic acids is 1. The van der Waals surface area contributed by atoms with Crippen LogP contribution in [0, 0.1) is 0 Å². The Kier molecular flexibility index (Phi) is 2.89. The van der Waals surface area contributed by atoms with Gasteiger partial charge in [-0.3, -0.25) is 4.79 Å². The van der Waals surface area contributed by atoms with E-state index in [1.807, 2.05) is 0 Å². The first kappa shape index (κ1) is 13.5. The molecule has 0 atom stereocenters. The van der Waals surface area contributed by atoms with Crippen molar-refractivity contribution in [3.63, 3.8) is 0 Å². The zero-order valence-electron chi connectivity index (χ0n) is 10.5. The third-order valence-electron chi connectivity index (χ3n) is 3.53. The molecule has 0 aromatic carbocycles. The summed E-state index contributed by atoms with van der Waals surface area (Å²) in [5, 5.41) is 5.55. The largest absolute Gasteiger partial charge is 0.411 e. The molecule has 2 saturated carbocycles. The molecule has 2 aliphatic rings. The van der Waals surface area contributed by atoms with Crippen molar-refractivity contribution in [2.45, 2.75) is 43.4 Å². The van der Waals surface area contributed by atoms with Crippen molar-refractivity contribution in [2.75, 3.05) is 11.1 Å². The van der Waals surface area contributed by atoms with E-state index in [4.69, 9.17) is 5.73 Å². The minimum atomic E-state index is -4.29. The molecule has 110 valence electrons. The summed E-state index contributed by atoms with van der Waals surface area (Å²) in [4.78, 5) is 12.2. The average molecular weight is 305 g/mol. The second-order valence-corrected chi connectivity index (χ2v) is 6.40. The summed E-state index contributed by atoms with van der Waals surface area (Å²) in [7, 11) is 0. The molecule has 1 amide bonds. The van der Waals surface area contributed by atoms with Gasteiger partial charge in [0.15, 0.2) is 0 Å². The molecule has 4 nitrogen and oxygen atoms in total. The molecule has 1 heterocycles. The van der Waals surface area contributed by atoms with Gasteiger partial charge in [-0.2, -0.15) is 13.2 Å². The van der Waals surface area contributed by atoms with Gasteiger partial charge in [0.2, 0.25) is 0 Å². The van der Waals surface area contributed by atoms with Crippen LogP contribution in [0.3, 0.4) is 0 Å². The van der Waals surface area contributed by atoms with Crippen LogP contribution in [0.1, 0.15) is 35.4 Å². The Morgan fingerprint density at radius 3 is 2.55 bits per heavy atom. The van der Waals surface area contributed by atoms with Crippen molar-refractivity contribution in [1.82, 2.24) is 5.32 Å². The second-order valence-electron chi connectivity index (χ2n) is 5.35. The van der Waals surface area contributed by atoms with Crippen LogP contribution in [0.2, 0.25) is 0 Å². The number of thiophene rings is 1. The van der Waals surface area contributed by atoms with Crippen molar-refractivity contribution >= 4 is 27.9 Å². The maximum absolute atomic E-state index is 12.9. The molecular weight excluding hydrogens is 291 g/mol. The first-order chi connectivity index (χ1) is 9.31. The standard InChI is InChI=1S/C12H14F3N3OS/c13-12(14,15)11(3-4-11)18-8-5-7(16)9(20-8)10(19)17-6-1-2-6/h5-6,18H,1-4,16H2,(H,17,19). The van der Waals surface area contributed by atoms with Crippen molar-refractivity contribution in [2.24, 2.45) is 0 Å². The maximum Gasteiger partial charge on any atom is 0.411 e. The minimum absolute atomic E-state index is 0.0535. The van der Waals surface area contributed by atoms with E-state index in [0.717, 1.165) is 24.2 Å². The van der Waals surface area contributed by atoms with Gasteiger partial charge in [0.1, 0.15) is 10.4 Å². The quantitative estimate of drug-likeness (QED) is 0.801. The van der Waals surface area contributed by atoms with Gasteiger partial charge in [-0.1, -0.05) is 0 Å². The third-order valence-corrected chi connectivity index (χ3v) is 4.60. The Hall–Kier alpha value is -1.44. The molecule has 0 spiro atoms. The Balaban J connectivity index is 1.74. The van der Waals surface area contributed by atoms with Gasteiger partial charge in [0, 0.05) is 6.04 Å². The van der Waals surface area contributed by atoms with Gasteiger partial charge in [-0.05, 0) is 31.7 Å². The van der Waals surface area contributed by atoms with Crippen molar-refractivity contribution in [3.05, 3.63) is 10.9 Å². The lowest BCUT2D eigenvalue weighted by Crippen LogP contribution is -2.38. The summed E-state index contributed by atoms with van der Waals surface area (Å²) in [6.45, 7) is 0. The fraction of sp³-hybridized carbons (Fsp3) is 0.583. The fourth-order valence-electron chi connectivity index (χ4n) is 1.96. The van der Waals surface area contributed by atoms with Crippen molar-refractivity contribution in [3.8, 4) is 0 Å². The van der Waals surface area contributed by atoms with Crippen LogP contribution < -0.4 is 16.4 Å². The second kappa shape index (κ2) is 4.28. The molecular formula is C12H14F3N3OS. The van der Waals surface area contributed by atoms with Gasteiger partial charge in [-0.25, -0.2) is 0 Å². The van der Waals surface area contributed by atoms with Gasteiger partial charge < -0.3 is 16.4 Å². The smallest absolute Gasteiger partial charge is 0.397 e. The summed E-state index contributed by atoms with van der Waals surface area (Å²) in [6, 6.07) is 1.59. The molecule has 1 aromatic rings. The van der Waals surface area contributed by atoms with E-state index in [1.165, 1.54) is 6.07 Å². The van der Waals surface area contributed by atoms with E-state index in [9.17, 15) is 18.0 Å². The zero-order valence-corrected chi connectivity index (χ0v) is 11.3. The van der Waals surface area contributed by atoms with Crippen LogP contribution in [-0.2, 0) is 0 Å². The number of nitrogens with one attached hydrogen (secondary N) is 2. The Morgan fingerprint density at radius 1 is 1.40 bits per heavy atom. The summed E-state index contributed by atoms with van der Waals surface area (Å²) in [5.41, 5.74) is 4.09. The van der Waals surface area contributed by atoms with E-state index >= 15 is 0 Å². The number of alkyl halides is 3. The average Bonchev–Trinajstić information content (AvgIpc) is 3.20. The molecule has 0 bridgehead atoms. The number of nitrogen functional groups attached to an aromatic ring is 1. The molecule has 8 heteroatoms. The number of carbonyl (C=O) groups is 1. The molecule has 4 N–H and O–H groups in total. The normalized spacial score (nSPS) is 20.6. The Morgan fingerprint density at radius 2 is 2.05 bits per heavy atom. The summed E-state index contributed by atoms with van der Waals surface area (Å²) in [5.74, 6) is -0.306. The van der Waals surface area contributed by atoms with Crippen LogP contribution in [0.5, 0.6) is 0 Å². The van der Waals surface area contributed by atoms with E-state index in [-0.39, 0.29) is 35.4 Å². The molecule has 3 rings (SSSR count). The molecule has 0 radical (unpaired) electrons. The predicted octanol–water partition coefficient (Wildman–Crippen LogP) is 2.73. The first-order valence-corrected chi connectivity index (χ1v) is 7.17. The SMILES string of the molecule is Nc1cc(NC2(C(F)(F)F)CC2)sc1C(=O)NC1CC1. The highest BCUT2D eigenvalue weighted by molar-refractivity contribution is 7.18. The first-order valence-electron chi connectivity index (χ1n) is 6.36. The zero-order chi connectivity index (χ0) is 14.5. The highest BCUT2D eigenvalue weighted by atomic mass is 32.1. The molecule has 0 unspecified atom stereocenters. The number of amides is 1. The van der Waals surface area contributed by atoms with E-state index < -0.39 is 11.7 Å². The number of hydrogen-bond donors (Lipinski definition) is 3. The molecule has 1 aromatic heterocycles.